The van der Waals surface area contributed by atoms with E-state index >= 15 is 0 Å². The summed E-state index contributed by atoms with van der Waals surface area (Å²) in [6.45, 7) is 3.86. The molecule has 0 atom stereocenters. The minimum atomic E-state index is -0.929. The van der Waals surface area contributed by atoms with E-state index in [4.69, 9.17) is 9.15 Å². The second kappa shape index (κ2) is 7.61. The molecule has 8 nitrogen and oxygen atoms in total. The lowest BCUT2D eigenvalue weighted by molar-refractivity contribution is -0.402. The number of carbonyl (C=O) groups excluding carboxylic acids is 2. The summed E-state index contributed by atoms with van der Waals surface area (Å²) in [5.74, 6) is -2.21. The Morgan fingerprint density at radius 1 is 1.24 bits per heavy atom. The molecule has 0 radical (unpaired) electrons. The molecule has 0 fully saturated rings. The van der Waals surface area contributed by atoms with Gasteiger partial charge in [-0.3, -0.25) is 14.9 Å². The lowest BCUT2D eigenvalue weighted by atomic mass is 10.1. The smallest absolute Gasteiger partial charge is 0.433 e. The molecule has 0 aliphatic carbocycles. The number of rotatable bonds is 6. The van der Waals surface area contributed by atoms with Crippen LogP contribution in [0, 0.1) is 24.0 Å². The van der Waals surface area contributed by atoms with Gasteiger partial charge in [0.15, 0.2) is 6.61 Å². The van der Waals surface area contributed by atoms with Crippen molar-refractivity contribution in [2.75, 3.05) is 13.7 Å². The quantitative estimate of drug-likeness (QED) is 0.452. The maximum absolute atomic E-state index is 12.1. The monoisotopic (exact) mass is 346 g/mol. The molecule has 2 rings (SSSR count). The number of carbonyl (C=O) groups is 2. The van der Waals surface area contributed by atoms with Gasteiger partial charge in [-0.1, -0.05) is 23.8 Å². The van der Waals surface area contributed by atoms with Crippen LogP contribution >= 0.6 is 0 Å². The highest BCUT2D eigenvalue weighted by Crippen LogP contribution is 2.16. The number of hydrogen-bond acceptors (Lipinski definition) is 6. The number of ether oxygens (including phenoxy) is 1. The molecule has 8 heteroatoms. The van der Waals surface area contributed by atoms with Gasteiger partial charge in [-0.25, -0.2) is 4.79 Å². The molecule has 1 aromatic carbocycles. The second-order valence-corrected chi connectivity index (χ2v) is 5.65. The SMILES string of the molecule is Cc1ccc(CN(C)C(=O)COC(=O)c2ccc([N+](=O)[O-])o2)c(C)c1. The number of nitrogens with zero attached hydrogens (tertiary/aromatic N) is 2. The second-order valence-electron chi connectivity index (χ2n) is 5.65. The first-order valence-corrected chi connectivity index (χ1v) is 7.49. The fourth-order valence-electron chi connectivity index (χ4n) is 2.21. The number of nitro groups is 1. The number of benzene rings is 1. The number of furan rings is 1. The minimum absolute atomic E-state index is 0.323. The highest BCUT2D eigenvalue weighted by Gasteiger charge is 2.20. The zero-order valence-electron chi connectivity index (χ0n) is 14.1. The van der Waals surface area contributed by atoms with E-state index in [-0.39, 0.29) is 5.76 Å². The normalized spacial score (nSPS) is 10.4. The largest absolute Gasteiger partial charge is 0.450 e. The van der Waals surface area contributed by atoms with Crippen LogP contribution in [0.2, 0.25) is 0 Å². The maximum atomic E-state index is 12.1. The molecular formula is C17H18N2O6. The molecule has 0 spiro atoms. The Balaban J connectivity index is 1.90. The molecule has 0 bridgehead atoms. The van der Waals surface area contributed by atoms with Crippen molar-refractivity contribution >= 4 is 17.8 Å². The highest BCUT2D eigenvalue weighted by molar-refractivity contribution is 5.89. The predicted molar refractivity (Wildman–Crippen MR) is 88.0 cm³/mol. The summed E-state index contributed by atoms with van der Waals surface area (Å²) in [6, 6.07) is 8.11. The summed E-state index contributed by atoms with van der Waals surface area (Å²) in [5.41, 5.74) is 3.20. The third kappa shape index (κ3) is 4.66. The number of likely N-dealkylation sites (N-methyl/N-ethyl adjacent to an activating group) is 1. The maximum Gasteiger partial charge on any atom is 0.433 e. The highest BCUT2D eigenvalue weighted by atomic mass is 16.7. The van der Waals surface area contributed by atoms with Crippen molar-refractivity contribution in [2.45, 2.75) is 20.4 Å². The predicted octanol–water partition coefficient (Wildman–Crippen LogP) is 2.62. The lowest BCUT2D eigenvalue weighted by Crippen LogP contribution is -2.31. The van der Waals surface area contributed by atoms with Crippen LogP contribution in [0.3, 0.4) is 0 Å². The molecule has 132 valence electrons. The molecule has 1 aromatic heterocycles. The van der Waals surface area contributed by atoms with Crippen LogP contribution in [0.1, 0.15) is 27.2 Å². The van der Waals surface area contributed by atoms with Crippen molar-refractivity contribution in [3.63, 3.8) is 0 Å². The third-order valence-corrected chi connectivity index (χ3v) is 3.63. The Morgan fingerprint density at radius 3 is 2.56 bits per heavy atom. The molecule has 0 aliphatic rings. The number of hydrogen-bond donors (Lipinski definition) is 0. The average Bonchev–Trinajstić information content (AvgIpc) is 3.05. The molecule has 1 amide bonds. The van der Waals surface area contributed by atoms with E-state index in [0.717, 1.165) is 28.8 Å². The first kappa shape index (κ1) is 18.2. The number of amides is 1. The lowest BCUT2D eigenvalue weighted by Gasteiger charge is -2.18. The molecule has 0 unspecified atom stereocenters. The molecule has 25 heavy (non-hydrogen) atoms. The molecule has 0 saturated carbocycles. The van der Waals surface area contributed by atoms with E-state index in [2.05, 4.69) is 0 Å². The van der Waals surface area contributed by atoms with Crippen LogP contribution in [-0.4, -0.2) is 35.4 Å². The average molecular weight is 346 g/mol. The van der Waals surface area contributed by atoms with Gasteiger partial charge in [0.25, 0.3) is 5.91 Å². The fraction of sp³-hybridized carbons (Fsp3) is 0.294. The molecule has 2 aromatic rings. The van der Waals surface area contributed by atoms with Crippen molar-refractivity contribution in [3.8, 4) is 0 Å². The van der Waals surface area contributed by atoms with Gasteiger partial charge >= 0.3 is 11.9 Å². The van der Waals surface area contributed by atoms with Gasteiger partial charge in [0, 0.05) is 13.6 Å². The van der Waals surface area contributed by atoms with Gasteiger partial charge in [-0.05, 0) is 31.0 Å². The van der Waals surface area contributed by atoms with Crippen molar-refractivity contribution in [2.24, 2.45) is 0 Å². The van der Waals surface area contributed by atoms with Crippen LogP contribution in [0.25, 0.3) is 0 Å². The van der Waals surface area contributed by atoms with E-state index < -0.39 is 29.3 Å². The van der Waals surface area contributed by atoms with E-state index in [1.165, 1.54) is 4.90 Å². The summed E-state index contributed by atoms with van der Waals surface area (Å²) in [5, 5.41) is 10.5. The van der Waals surface area contributed by atoms with Crippen LogP contribution in [-0.2, 0) is 16.1 Å². The number of aryl methyl sites for hydroxylation is 2. The van der Waals surface area contributed by atoms with Crippen LogP contribution in [0.5, 0.6) is 0 Å². The molecular weight excluding hydrogens is 328 g/mol. The van der Waals surface area contributed by atoms with E-state index in [9.17, 15) is 19.7 Å². The van der Waals surface area contributed by atoms with Crippen molar-refractivity contribution in [1.29, 1.82) is 0 Å². The molecule has 1 heterocycles. The Bertz CT molecular complexity index is 811. The van der Waals surface area contributed by atoms with Gasteiger partial charge in [0.2, 0.25) is 5.76 Å². The van der Waals surface area contributed by atoms with Crippen molar-refractivity contribution in [1.82, 2.24) is 4.90 Å². The Hall–Kier alpha value is -3.16. The first-order valence-electron chi connectivity index (χ1n) is 7.49. The van der Waals surface area contributed by atoms with Crippen LogP contribution in [0.4, 0.5) is 5.88 Å². The summed E-state index contributed by atoms with van der Waals surface area (Å²) in [4.78, 5) is 35.0. The van der Waals surface area contributed by atoms with Gasteiger partial charge < -0.3 is 14.1 Å². The van der Waals surface area contributed by atoms with E-state index in [1.54, 1.807) is 7.05 Å². The first-order chi connectivity index (χ1) is 11.8. The summed E-state index contributed by atoms with van der Waals surface area (Å²) >= 11 is 0. The summed E-state index contributed by atoms with van der Waals surface area (Å²) in [6.07, 6.45) is 0. The van der Waals surface area contributed by atoms with Crippen LogP contribution < -0.4 is 0 Å². The molecule has 0 N–H and O–H groups in total. The molecule has 0 saturated heterocycles. The minimum Gasteiger partial charge on any atom is -0.450 e. The van der Waals surface area contributed by atoms with E-state index in [1.807, 2.05) is 32.0 Å². The number of esters is 1. The summed E-state index contributed by atoms with van der Waals surface area (Å²) in [7, 11) is 1.60. The van der Waals surface area contributed by atoms with Gasteiger partial charge in [0.05, 0.1) is 6.07 Å². The fourth-order valence-corrected chi connectivity index (χ4v) is 2.21. The summed E-state index contributed by atoms with van der Waals surface area (Å²) < 4.78 is 9.57. The standard InChI is InChI=1S/C17H18N2O6/c1-11-4-5-13(12(2)8-11)9-18(3)15(20)10-24-17(21)14-6-7-16(25-14)19(22)23/h4-8H,9-10H2,1-3H3. The third-order valence-electron chi connectivity index (χ3n) is 3.63. The van der Waals surface area contributed by atoms with Gasteiger partial charge in [0.1, 0.15) is 4.92 Å². The van der Waals surface area contributed by atoms with Crippen molar-refractivity contribution in [3.05, 3.63) is 62.9 Å². The van der Waals surface area contributed by atoms with Crippen molar-refractivity contribution < 1.29 is 23.7 Å². The molecule has 0 aliphatic heterocycles. The van der Waals surface area contributed by atoms with Gasteiger partial charge in [-0.2, -0.15) is 0 Å². The van der Waals surface area contributed by atoms with Gasteiger partial charge in [-0.15, -0.1) is 0 Å². The Morgan fingerprint density at radius 2 is 1.96 bits per heavy atom. The zero-order chi connectivity index (χ0) is 18.6. The topological polar surface area (TPSA) is 103 Å². The Labute approximate surface area is 144 Å². The van der Waals surface area contributed by atoms with Crippen LogP contribution in [0.15, 0.2) is 34.7 Å². The Kier molecular flexibility index (Phi) is 5.53. The zero-order valence-corrected chi connectivity index (χ0v) is 14.1. The van der Waals surface area contributed by atoms with E-state index in [0.29, 0.717) is 6.54 Å².